The van der Waals surface area contributed by atoms with Gasteiger partial charge in [-0.15, -0.1) is 0 Å². The topological polar surface area (TPSA) is 107 Å². The van der Waals surface area contributed by atoms with Gasteiger partial charge in [-0.2, -0.15) is 4.31 Å². The van der Waals surface area contributed by atoms with Crippen molar-refractivity contribution >= 4 is 21.9 Å². The zero-order chi connectivity index (χ0) is 16.9. The maximum Gasteiger partial charge on any atom is 0.338 e. The molecule has 1 heterocycles. The van der Waals surface area contributed by atoms with Crippen molar-refractivity contribution in [2.24, 2.45) is 5.73 Å². The van der Waals surface area contributed by atoms with Crippen molar-refractivity contribution in [3.63, 3.8) is 0 Å². The minimum absolute atomic E-state index is 0.0490. The molecule has 1 aliphatic rings. The molecular formula is C15H20N2O5S. The first-order valence-corrected chi connectivity index (χ1v) is 8.91. The molecule has 1 aromatic rings. The summed E-state index contributed by atoms with van der Waals surface area (Å²) in [4.78, 5) is 22.5. The monoisotopic (exact) mass is 340 g/mol. The average molecular weight is 340 g/mol. The molecule has 1 amide bonds. The molecule has 0 aliphatic carbocycles. The second kappa shape index (κ2) is 7.56. The van der Waals surface area contributed by atoms with E-state index in [1.807, 2.05) is 0 Å². The van der Waals surface area contributed by atoms with Gasteiger partial charge in [0.25, 0.3) is 5.91 Å². The van der Waals surface area contributed by atoms with E-state index >= 15 is 0 Å². The third-order valence-corrected chi connectivity index (χ3v) is 5.51. The van der Waals surface area contributed by atoms with Gasteiger partial charge in [0, 0.05) is 13.1 Å². The minimum atomic E-state index is -3.64. The second-order valence-corrected chi connectivity index (χ2v) is 7.33. The van der Waals surface area contributed by atoms with Gasteiger partial charge in [-0.05, 0) is 31.0 Å². The smallest absolute Gasteiger partial charge is 0.338 e. The molecular weight excluding hydrogens is 320 g/mol. The van der Waals surface area contributed by atoms with Gasteiger partial charge in [0.1, 0.15) is 0 Å². The van der Waals surface area contributed by atoms with Crippen LogP contribution in [0.1, 0.15) is 36.0 Å². The van der Waals surface area contributed by atoms with E-state index in [1.165, 1.54) is 28.6 Å². The summed E-state index contributed by atoms with van der Waals surface area (Å²) in [6.45, 7) is 0.430. The molecule has 0 bridgehead atoms. The lowest BCUT2D eigenvalue weighted by atomic mass is 10.2. The minimum Gasteiger partial charge on any atom is -0.452 e. The van der Waals surface area contributed by atoms with Gasteiger partial charge < -0.3 is 10.5 Å². The van der Waals surface area contributed by atoms with E-state index in [0.29, 0.717) is 13.1 Å². The molecule has 0 atom stereocenters. The van der Waals surface area contributed by atoms with Crippen molar-refractivity contribution in [1.29, 1.82) is 0 Å². The van der Waals surface area contributed by atoms with E-state index in [4.69, 9.17) is 10.5 Å². The molecule has 0 unspecified atom stereocenters. The molecule has 7 nitrogen and oxygen atoms in total. The van der Waals surface area contributed by atoms with Crippen LogP contribution in [0.4, 0.5) is 0 Å². The first kappa shape index (κ1) is 17.4. The standard InChI is InChI=1S/C15H20N2O5S/c16-14(18)11-22-15(19)12-6-5-7-13(10-12)23(20,21)17-8-3-1-2-4-9-17/h5-7,10H,1-4,8-9,11H2,(H2,16,18). The zero-order valence-corrected chi connectivity index (χ0v) is 13.5. The van der Waals surface area contributed by atoms with E-state index < -0.39 is 28.5 Å². The lowest BCUT2D eigenvalue weighted by Crippen LogP contribution is -2.32. The van der Waals surface area contributed by atoms with Gasteiger partial charge in [-0.3, -0.25) is 4.79 Å². The summed E-state index contributed by atoms with van der Waals surface area (Å²) >= 11 is 0. The molecule has 2 N–H and O–H groups in total. The molecule has 126 valence electrons. The number of primary amides is 1. The molecule has 0 radical (unpaired) electrons. The maximum absolute atomic E-state index is 12.7. The Labute approximate surface area is 135 Å². The summed E-state index contributed by atoms with van der Waals surface area (Å²) < 4.78 is 31.5. The predicted octanol–water partition coefficient (Wildman–Crippen LogP) is 0.893. The SMILES string of the molecule is NC(=O)COC(=O)c1cccc(S(=O)(=O)N2CCCCCC2)c1. The Bertz CT molecular complexity index is 679. The first-order chi connectivity index (χ1) is 10.9. The van der Waals surface area contributed by atoms with Crippen molar-refractivity contribution in [2.45, 2.75) is 30.6 Å². The van der Waals surface area contributed by atoms with Crippen LogP contribution in [0.15, 0.2) is 29.2 Å². The Morgan fingerprint density at radius 3 is 2.39 bits per heavy atom. The molecule has 23 heavy (non-hydrogen) atoms. The predicted molar refractivity (Wildman–Crippen MR) is 83.1 cm³/mol. The lowest BCUT2D eigenvalue weighted by molar-refractivity contribution is -0.121. The van der Waals surface area contributed by atoms with E-state index in [9.17, 15) is 18.0 Å². The quantitative estimate of drug-likeness (QED) is 0.801. The summed E-state index contributed by atoms with van der Waals surface area (Å²) in [6.07, 6.45) is 3.70. The Morgan fingerprint density at radius 2 is 1.78 bits per heavy atom. The van der Waals surface area contributed by atoms with Crippen LogP contribution >= 0.6 is 0 Å². The fourth-order valence-corrected chi connectivity index (χ4v) is 4.00. The van der Waals surface area contributed by atoms with E-state index in [1.54, 1.807) is 0 Å². The Balaban J connectivity index is 2.20. The highest BCUT2D eigenvalue weighted by Gasteiger charge is 2.26. The molecule has 2 rings (SSSR count). The number of rotatable bonds is 5. The number of sulfonamides is 1. The number of nitrogens with zero attached hydrogens (tertiary/aromatic N) is 1. The van der Waals surface area contributed by atoms with Gasteiger partial charge in [0.2, 0.25) is 10.0 Å². The van der Waals surface area contributed by atoms with Gasteiger partial charge >= 0.3 is 5.97 Å². The Morgan fingerprint density at radius 1 is 1.13 bits per heavy atom. The third-order valence-electron chi connectivity index (χ3n) is 3.62. The highest BCUT2D eigenvalue weighted by atomic mass is 32.2. The van der Waals surface area contributed by atoms with Crippen LogP contribution in [0, 0.1) is 0 Å². The summed E-state index contributed by atoms with van der Waals surface area (Å²) in [5, 5.41) is 0. The van der Waals surface area contributed by atoms with Crippen LogP contribution in [0.25, 0.3) is 0 Å². The first-order valence-electron chi connectivity index (χ1n) is 7.47. The number of amides is 1. The van der Waals surface area contributed by atoms with Crippen LogP contribution in [0.2, 0.25) is 0 Å². The third kappa shape index (κ3) is 4.52. The van der Waals surface area contributed by atoms with Crippen molar-refractivity contribution in [3.05, 3.63) is 29.8 Å². The highest BCUT2D eigenvalue weighted by Crippen LogP contribution is 2.21. The summed E-state index contributed by atoms with van der Waals surface area (Å²) in [6, 6.07) is 5.63. The second-order valence-electron chi connectivity index (χ2n) is 5.39. The lowest BCUT2D eigenvalue weighted by Gasteiger charge is -2.20. The summed E-state index contributed by atoms with van der Waals surface area (Å²) in [5.74, 6) is -1.55. The van der Waals surface area contributed by atoms with Crippen LogP contribution in [0.3, 0.4) is 0 Å². The molecule has 0 aromatic heterocycles. The fraction of sp³-hybridized carbons (Fsp3) is 0.467. The van der Waals surface area contributed by atoms with Crippen molar-refractivity contribution < 1.29 is 22.7 Å². The molecule has 1 saturated heterocycles. The number of carbonyl (C=O) groups is 2. The molecule has 1 aromatic carbocycles. The van der Waals surface area contributed by atoms with Crippen LogP contribution < -0.4 is 5.73 Å². The maximum atomic E-state index is 12.7. The van der Waals surface area contributed by atoms with Gasteiger partial charge in [-0.1, -0.05) is 18.9 Å². The summed E-state index contributed by atoms with van der Waals surface area (Å²) in [5.41, 5.74) is 4.98. The highest BCUT2D eigenvalue weighted by molar-refractivity contribution is 7.89. The summed E-state index contributed by atoms with van der Waals surface area (Å²) in [7, 11) is -3.64. The van der Waals surface area contributed by atoms with Crippen LogP contribution in [-0.2, 0) is 19.6 Å². The number of esters is 1. The molecule has 0 spiro atoms. The number of hydrogen-bond donors (Lipinski definition) is 1. The average Bonchev–Trinajstić information content (AvgIpc) is 2.82. The van der Waals surface area contributed by atoms with E-state index in [-0.39, 0.29) is 10.5 Å². The number of hydrogen-bond acceptors (Lipinski definition) is 5. The van der Waals surface area contributed by atoms with Gasteiger partial charge in [0.05, 0.1) is 10.5 Å². The number of carbonyl (C=O) groups excluding carboxylic acids is 2. The largest absolute Gasteiger partial charge is 0.452 e. The van der Waals surface area contributed by atoms with Crippen LogP contribution in [-0.4, -0.2) is 44.3 Å². The van der Waals surface area contributed by atoms with Crippen molar-refractivity contribution in [2.75, 3.05) is 19.7 Å². The molecule has 1 aliphatic heterocycles. The van der Waals surface area contributed by atoms with Crippen molar-refractivity contribution in [3.8, 4) is 0 Å². The fourth-order valence-electron chi connectivity index (χ4n) is 2.43. The van der Waals surface area contributed by atoms with Crippen LogP contribution in [0.5, 0.6) is 0 Å². The van der Waals surface area contributed by atoms with Gasteiger partial charge in [-0.25, -0.2) is 13.2 Å². The molecule has 1 fully saturated rings. The number of nitrogens with two attached hydrogens (primary N) is 1. The number of benzene rings is 1. The Hall–Kier alpha value is -1.93. The number of ether oxygens (including phenoxy) is 1. The Kier molecular flexibility index (Phi) is 5.73. The van der Waals surface area contributed by atoms with E-state index in [0.717, 1.165) is 25.7 Å². The molecule has 8 heteroatoms. The van der Waals surface area contributed by atoms with Gasteiger partial charge in [0.15, 0.2) is 6.61 Å². The normalized spacial score (nSPS) is 16.5. The van der Waals surface area contributed by atoms with Crippen molar-refractivity contribution in [1.82, 2.24) is 4.31 Å². The van der Waals surface area contributed by atoms with E-state index in [2.05, 4.69) is 0 Å². The zero-order valence-electron chi connectivity index (χ0n) is 12.7. The molecule has 0 saturated carbocycles.